The molecular weight excluding hydrogens is 420 g/mol. The minimum atomic E-state index is 0.0631. The third-order valence-corrected chi connectivity index (χ3v) is 7.32. The molecule has 0 saturated heterocycles. The van der Waals surface area contributed by atoms with Crippen LogP contribution >= 0.6 is 23.1 Å². The molecule has 3 nitrogen and oxygen atoms in total. The number of benzene rings is 3. The molecule has 4 rings (SSSR count). The summed E-state index contributed by atoms with van der Waals surface area (Å²) in [6, 6.07) is 22.7. The maximum atomic E-state index is 13.4. The Balaban J connectivity index is 1.65. The van der Waals surface area contributed by atoms with Crippen molar-refractivity contribution < 1.29 is 4.79 Å². The molecule has 0 bridgehead atoms. The molecule has 0 unspecified atom stereocenters. The van der Waals surface area contributed by atoms with Gasteiger partial charge in [0, 0.05) is 4.90 Å². The zero-order valence-electron chi connectivity index (χ0n) is 18.1. The van der Waals surface area contributed by atoms with Gasteiger partial charge in [0.05, 0.1) is 23.2 Å². The first kappa shape index (κ1) is 21.6. The van der Waals surface area contributed by atoms with Crippen LogP contribution in [0.2, 0.25) is 0 Å². The second kappa shape index (κ2) is 9.67. The Bertz CT molecular complexity index is 1180. The zero-order chi connectivity index (χ0) is 21.8. The fourth-order valence-electron chi connectivity index (χ4n) is 3.50. The highest BCUT2D eigenvalue weighted by atomic mass is 32.2. The predicted molar refractivity (Wildman–Crippen MR) is 133 cm³/mol. The summed E-state index contributed by atoms with van der Waals surface area (Å²) in [7, 11) is 0. The number of hydrogen-bond donors (Lipinski definition) is 0. The van der Waals surface area contributed by atoms with Crippen LogP contribution in [0, 0.1) is 13.8 Å². The lowest BCUT2D eigenvalue weighted by atomic mass is 10.1. The fourth-order valence-corrected chi connectivity index (χ4v) is 5.20. The van der Waals surface area contributed by atoms with E-state index in [-0.39, 0.29) is 5.91 Å². The molecule has 31 heavy (non-hydrogen) atoms. The maximum absolute atomic E-state index is 13.4. The minimum Gasteiger partial charge on any atom is -0.283 e. The van der Waals surface area contributed by atoms with Gasteiger partial charge in [0.25, 0.3) is 0 Å². The van der Waals surface area contributed by atoms with Crippen molar-refractivity contribution in [3.05, 3.63) is 89.0 Å². The molecule has 158 valence electrons. The SMILES string of the molecule is CCSc1ccc(CC(=O)N(Cc2ccccc2)c2nc3c(C)c(C)ccc3s2)cc1. The molecule has 1 amide bonds. The molecule has 1 heterocycles. The first-order valence-corrected chi connectivity index (χ1v) is 12.3. The Hall–Kier alpha value is -2.63. The second-order valence-corrected chi connectivity index (χ2v) is 9.92. The second-order valence-electron chi connectivity index (χ2n) is 7.57. The van der Waals surface area contributed by atoms with Crippen molar-refractivity contribution in [1.29, 1.82) is 0 Å². The summed E-state index contributed by atoms with van der Waals surface area (Å²) >= 11 is 3.40. The highest BCUT2D eigenvalue weighted by Crippen LogP contribution is 2.33. The number of carbonyl (C=O) groups excluding carboxylic acids is 1. The third-order valence-electron chi connectivity index (χ3n) is 5.38. The van der Waals surface area contributed by atoms with E-state index >= 15 is 0 Å². The number of rotatable bonds is 7. The van der Waals surface area contributed by atoms with Gasteiger partial charge >= 0.3 is 0 Å². The Kier molecular flexibility index (Phi) is 6.73. The number of thioether (sulfide) groups is 1. The Morgan fingerprint density at radius 3 is 2.42 bits per heavy atom. The van der Waals surface area contributed by atoms with Crippen LogP contribution in [0.5, 0.6) is 0 Å². The van der Waals surface area contributed by atoms with E-state index in [1.54, 1.807) is 11.3 Å². The minimum absolute atomic E-state index is 0.0631. The number of carbonyl (C=O) groups is 1. The monoisotopic (exact) mass is 446 g/mol. The molecule has 0 spiro atoms. The third kappa shape index (κ3) is 5.00. The molecule has 3 aromatic carbocycles. The highest BCUT2D eigenvalue weighted by Gasteiger charge is 2.21. The van der Waals surface area contributed by atoms with Gasteiger partial charge in [-0.25, -0.2) is 4.98 Å². The van der Waals surface area contributed by atoms with E-state index in [0.29, 0.717) is 13.0 Å². The van der Waals surface area contributed by atoms with Crippen molar-refractivity contribution >= 4 is 44.4 Å². The van der Waals surface area contributed by atoms with E-state index < -0.39 is 0 Å². The molecule has 4 aromatic rings. The van der Waals surface area contributed by atoms with Crippen LogP contribution in [-0.4, -0.2) is 16.6 Å². The lowest BCUT2D eigenvalue weighted by molar-refractivity contribution is -0.118. The van der Waals surface area contributed by atoms with E-state index in [4.69, 9.17) is 4.98 Å². The highest BCUT2D eigenvalue weighted by molar-refractivity contribution is 7.99. The smallest absolute Gasteiger partial charge is 0.233 e. The van der Waals surface area contributed by atoms with Crippen LogP contribution in [0.15, 0.2) is 71.6 Å². The molecule has 5 heteroatoms. The standard InChI is InChI=1S/C26H26N2OS2/c1-4-30-22-13-11-20(12-14-22)16-24(29)28(17-21-8-6-5-7-9-21)26-27-25-19(3)18(2)10-15-23(25)31-26/h5-15H,4,16-17H2,1-3H3. The van der Waals surface area contributed by atoms with Crippen LogP contribution in [0.25, 0.3) is 10.2 Å². The van der Waals surface area contributed by atoms with Gasteiger partial charge < -0.3 is 0 Å². The molecule has 0 aliphatic carbocycles. The normalized spacial score (nSPS) is 11.1. The Labute approximate surface area is 192 Å². The van der Waals surface area contributed by atoms with E-state index in [0.717, 1.165) is 32.2 Å². The lowest BCUT2D eigenvalue weighted by Crippen LogP contribution is -2.31. The number of fused-ring (bicyclic) bond motifs is 1. The molecule has 0 N–H and O–H groups in total. The van der Waals surface area contributed by atoms with E-state index in [9.17, 15) is 4.79 Å². The zero-order valence-corrected chi connectivity index (χ0v) is 19.7. The first-order valence-electron chi connectivity index (χ1n) is 10.5. The molecule has 0 saturated carbocycles. The van der Waals surface area contributed by atoms with Crippen LogP contribution in [0.3, 0.4) is 0 Å². The molecule has 0 aliphatic heterocycles. The Morgan fingerprint density at radius 2 is 1.71 bits per heavy atom. The predicted octanol–water partition coefficient (Wildman–Crippen LogP) is 6.80. The van der Waals surface area contributed by atoms with Crippen molar-refractivity contribution in [3.63, 3.8) is 0 Å². The Morgan fingerprint density at radius 1 is 0.968 bits per heavy atom. The summed E-state index contributed by atoms with van der Waals surface area (Å²) in [5.41, 5.74) is 5.51. The molecule has 0 radical (unpaired) electrons. The quantitative estimate of drug-likeness (QED) is 0.293. The van der Waals surface area contributed by atoms with Gasteiger partial charge in [-0.3, -0.25) is 9.69 Å². The van der Waals surface area contributed by atoms with Gasteiger partial charge in [-0.2, -0.15) is 0 Å². The number of anilines is 1. The number of hydrogen-bond acceptors (Lipinski definition) is 4. The van der Waals surface area contributed by atoms with Crippen LogP contribution < -0.4 is 4.90 Å². The average molecular weight is 447 g/mol. The fraction of sp³-hybridized carbons (Fsp3) is 0.231. The van der Waals surface area contributed by atoms with Crippen molar-refractivity contribution in [1.82, 2.24) is 4.98 Å². The van der Waals surface area contributed by atoms with Gasteiger partial charge in [0.15, 0.2) is 5.13 Å². The number of aromatic nitrogens is 1. The molecule has 1 aromatic heterocycles. The van der Waals surface area contributed by atoms with E-state index in [2.05, 4.69) is 69.3 Å². The van der Waals surface area contributed by atoms with Crippen LogP contribution in [-0.2, 0) is 17.8 Å². The topological polar surface area (TPSA) is 33.2 Å². The summed E-state index contributed by atoms with van der Waals surface area (Å²) in [5.74, 6) is 1.10. The molecule has 0 atom stereocenters. The van der Waals surface area contributed by atoms with Gasteiger partial charge in [-0.05, 0) is 60.1 Å². The number of amides is 1. The number of aryl methyl sites for hydroxylation is 2. The number of thiazole rings is 1. The van der Waals surface area contributed by atoms with Crippen molar-refractivity contribution in [3.8, 4) is 0 Å². The average Bonchev–Trinajstić information content (AvgIpc) is 3.21. The molecule has 0 aliphatic rings. The van der Waals surface area contributed by atoms with Gasteiger partial charge in [-0.1, -0.05) is 66.8 Å². The van der Waals surface area contributed by atoms with Gasteiger partial charge in [-0.15, -0.1) is 11.8 Å². The summed E-state index contributed by atoms with van der Waals surface area (Å²) < 4.78 is 1.12. The van der Waals surface area contributed by atoms with Crippen LogP contribution in [0.1, 0.15) is 29.2 Å². The van der Waals surface area contributed by atoms with Crippen molar-refractivity contribution in [2.75, 3.05) is 10.7 Å². The van der Waals surface area contributed by atoms with E-state index in [1.807, 2.05) is 34.9 Å². The summed E-state index contributed by atoms with van der Waals surface area (Å²) in [4.78, 5) is 21.4. The van der Waals surface area contributed by atoms with Gasteiger partial charge in [0.1, 0.15) is 0 Å². The summed E-state index contributed by atoms with van der Waals surface area (Å²) in [6.07, 6.45) is 0.359. The molecule has 0 fully saturated rings. The number of nitrogens with zero attached hydrogens (tertiary/aromatic N) is 2. The lowest BCUT2D eigenvalue weighted by Gasteiger charge is -2.20. The largest absolute Gasteiger partial charge is 0.283 e. The maximum Gasteiger partial charge on any atom is 0.233 e. The first-order chi connectivity index (χ1) is 15.0. The summed E-state index contributed by atoms with van der Waals surface area (Å²) in [6.45, 7) is 6.85. The van der Waals surface area contributed by atoms with Crippen molar-refractivity contribution in [2.24, 2.45) is 0 Å². The van der Waals surface area contributed by atoms with E-state index in [1.165, 1.54) is 16.0 Å². The van der Waals surface area contributed by atoms with Gasteiger partial charge in [0.2, 0.25) is 5.91 Å². The van der Waals surface area contributed by atoms with Crippen molar-refractivity contribution in [2.45, 2.75) is 38.6 Å². The summed E-state index contributed by atoms with van der Waals surface area (Å²) in [5, 5.41) is 0.760. The van der Waals surface area contributed by atoms with Crippen LogP contribution in [0.4, 0.5) is 5.13 Å². The molecular formula is C26H26N2OS2.